The Balaban J connectivity index is 0.703. The molecule has 0 saturated heterocycles. The van der Waals surface area contributed by atoms with Crippen molar-refractivity contribution in [1.82, 2.24) is 0 Å². The highest BCUT2D eigenvalue weighted by atomic mass is 32.1. The number of hydrogen-bond acceptors (Lipinski definition) is 2. The van der Waals surface area contributed by atoms with Crippen LogP contribution in [0.5, 0.6) is 0 Å². The summed E-state index contributed by atoms with van der Waals surface area (Å²) in [5, 5.41) is 17.7. The lowest BCUT2D eigenvalue weighted by Gasteiger charge is -2.19. The van der Waals surface area contributed by atoms with Gasteiger partial charge in [-0.1, -0.05) is 315 Å². The third-order valence-corrected chi connectivity index (χ3v) is 22.0. The maximum absolute atomic E-state index is 2.45. The summed E-state index contributed by atoms with van der Waals surface area (Å²) in [6.07, 6.45) is 0. The van der Waals surface area contributed by atoms with Gasteiger partial charge in [0.1, 0.15) is 0 Å². The average molecular weight is 1230 g/mol. The number of thiophene rings is 2. The van der Waals surface area contributed by atoms with Gasteiger partial charge < -0.3 is 0 Å². The van der Waals surface area contributed by atoms with Crippen LogP contribution in [-0.2, 0) is 0 Å². The van der Waals surface area contributed by atoms with E-state index in [2.05, 4.69) is 340 Å². The minimum absolute atomic E-state index is 1.20. The van der Waals surface area contributed by atoms with Gasteiger partial charge in [-0.3, -0.25) is 0 Å². The predicted octanol–water partition coefficient (Wildman–Crippen LogP) is 27.2. The van der Waals surface area contributed by atoms with Gasteiger partial charge in [-0.05, 0) is 178 Å². The van der Waals surface area contributed by atoms with Gasteiger partial charge in [0, 0.05) is 40.3 Å². The van der Waals surface area contributed by atoms with E-state index in [4.69, 9.17) is 0 Å². The van der Waals surface area contributed by atoms with E-state index in [-0.39, 0.29) is 0 Å². The van der Waals surface area contributed by atoms with Crippen LogP contribution in [0.1, 0.15) is 0 Å². The molecular weight excluding hydrogens is 1170 g/mol. The van der Waals surface area contributed by atoms with E-state index in [1.54, 1.807) is 0 Å². The van der Waals surface area contributed by atoms with Crippen molar-refractivity contribution in [3.8, 4) is 100 Å². The summed E-state index contributed by atoms with van der Waals surface area (Å²) in [6, 6.07) is 127. The first-order chi connectivity index (χ1) is 46.6. The van der Waals surface area contributed by atoms with Crippen LogP contribution in [0.3, 0.4) is 0 Å². The molecule has 2 aromatic heterocycles. The van der Waals surface area contributed by atoms with Gasteiger partial charge >= 0.3 is 0 Å². The normalized spacial score (nSPS) is 11.8. The zero-order valence-electron chi connectivity index (χ0n) is 51.1. The fraction of sp³-hybridized carbons (Fsp3) is 0. The maximum Gasteiger partial charge on any atom is 0.0434 e. The van der Waals surface area contributed by atoms with Crippen molar-refractivity contribution in [3.05, 3.63) is 340 Å². The Bertz CT molecular complexity index is 6120. The van der Waals surface area contributed by atoms with Crippen molar-refractivity contribution in [2.45, 2.75) is 0 Å². The largest absolute Gasteiger partial charge is 0.135 e. The van der Waals surface area contributed by atoms with Crippen LogP contribution in [0.4, 0.5) is 0 Å². The molecule has 0 nitrogen and oxygen atoms in total. The van der Waals surface area contributed by atoms with Crippen molar-refractivity contribution in [1.29, 1.82) is 0 Å². The van der Waals surface area contributed by atoms with Gasteiger partial charge in [-0.2, -0.15) is 0 Å². The summed E-state index contributed by atoms with van der Waals surface area (Å²) < 4.78 is 5.19. The van der Waals surface area contributed by atoms with Crippen LogP contribution in [-0.4, -0.2) is 0 Å². The molecule has 0 radical (unpaired) electrons. The van der Waals surface area contributed by atoms with Gasteiger partial charge in [0.15, 0.2) is 0 Å². The van der Waals surface area contributed by atoms with Gasteiger partial charge in [-0.25, -0.2) is 0 Å². The van der Waals surface area contributed by atoms with Crippen molar-refractivity contribution in [3.63, 3.8) is 0 Å². The molecule has 0 unspecified atom stereocenters. The molecule has 0 aliphatic rings. The van der Waals surface area contributed by atoms with Crippen LogP contribution >= 0.6 is 22.7 Å². The summed E-state index contributed by atoms with van der Waals surface area (Å²) in [4.78, 5) is 0. The average Bonchev–Trinajstić information content (AvgIpc) is 1.01. The van der Waals surface area contributed by atoms with Gasteiger partial charge in [0.05, 0.1) is 0 Å². The molecule has 17 aromatic carbocycles. The zero-order chi connectivity index (χ0) is 61.8. The topological polar surface area (TPSA) is 0 Å². The lowest BCUT2D eigenvalue weighted by atomic mass is 9.84. The molecule has 0 amide bonds. The highest BCUT2D eigenvalue weighted by Crippen LogP contribution is 2.51. The lowest BCUT2D eigenvalue weighted by Crippen LogP contribution is -1.92. The first-order valence-electron chi connectivity index (χ1n) is 32.4. The fourth-order valence-corrected chi connectivity index (χ4v) is 18.0. The van der Waals surface area contributed by atoms with Crippen molar-refractivity contribution in [2.24, 2.45) is 0 Å². The first kappa shape index (κ1) is 54.2. The molecule has 2 heteroatoms. The minimum atomic E-state index is 1.20. The first-order valence-corrected chi connectivity index (χ1v) is 34.0. The minimum Gasteiger partial charge on any atom is -0.135 e. The van der Waals surface area contributed by atoms with Crippen LogP contribution in [0.2, 0.25) is 0 Å². The Kier molecular flexibility index (Phi) is 12.8. The molecule has 0 atom stereocenters. The van der Waals surface area contributed by atoms with Crippen LogP contribution in [0, 0.1) is 0 Å². The highest BCUT2D eigenvalue weighted by Gasteiger charge is 2.23. The monoisotopic (exact) mass is 1220 g/mol. The van der Waals surface area contributed by atoms with E-state index in [1.807, 2.05) is 22.7 Å². The Hall–Kier alpha value is -11.5. The second-order valence-electron chi connectivity index (χ2n) is 24.8. The number of rotatable bonds is 9. The molecule has 0 fully saturated rings. The van der Waals surface area contributed by atoms with Gasteiger partial charge in [-0.15, -0.1) is 22.7 Å². The van der Waals surface area contributed by atoms with Crippen molar-refractivity contribution in [2.75, 3.05) is 0 Å². The zero-order valence-corrected chi connectivity index (χ0v) is 52.8. The molecule has 0 saturated carbocycles. The molecule has 0 spiro atoms. The highest BCUT2D eigenvalue weighted by molar-refractivity contribution is 7.26. The summed E-state index contributed by atoms with van der Waals surface area (Å²) in [6.45, 7) is 0. The second-order valence-corrected chi connectivity index (χ2v) is 27.0. The Morgan fingerprint density at radius 3 is 1.06 bits per heavy atom. The molecule has 2 heterocycles. The summed E-state index contributed by atoms with van der Waals surface area (Å²) in [5.41, 5.74) is 22.3. The smallest absolute Gasteiger partial charge is 0.0434 e. The predicted molar refractivity (Wildman–Crippen MR) is 409 cm³/mol. The number of fused-ring (bicyclic) bond motifs is 11. The number of benzene rings is 17. The molecule has 436 valence electrons. The van der Waals surface area contributed by atoms with Crippen LogP contribution in [0.25, 0.3) is 194 Å². The maximum atomic E-state index is 2.45. The van der Waals surface area contributed by atoms with Crippen molar-refractivity contribution < 1.29 is 0 Å². The molecule has 0 N–H and O–H groups in total. The Morgan fingerprint density at radius 2 is 0.511 bits per heavy atom. The molecule has 19 rings (SSSR count). The van der Waals surface area contributed by atoms with Gasteiger partial charge in [0.2, 0.25) is 0 Å². The van der Waals surface area contributed by atoms with E-state index in [9.17, 15) is 0 Å². The van der Waals surface area contributed by atoms with Gasteiger partial charge in [0.25, 0.3) is 0 Å². The third-order valence-electron chi connectivity index (χ3n) is 19.7. The molecule has 0 aliphatic carbocycles. The van der Waals surface area contributed by atoms with Crippen LogP contribution < -0.4 is 0 Å². The third kappa shape index (κ3) is 8.72. The van der Waals surface area contributed by atoms with Crippen LogP contribution in [0.15, 0.2) is 340 Å². The van der Waals surface area contributed by atoms with E-state index in [0.717, 1.165) is 0 Å². The fourth-order valence-electron chi connectivity index (χ4n) is 15.5. The molecular formula is C92H56S2. The molecule has 94 heavy (non-hydrogen) atoms. The standard InChI is InChI=1S/C92H56S2/c1-4-22-58(23-5-1)67-37-21-43-83-90(67)81-42-19-38-68(92(81)94-83)60-46-50-63(51-47-60)88-76-32-14-16-34-78(76)89(79-35-17-15-33-77(79)88)71-41-20-39-69-66(36-18-40-70(69)71)65-54-82(59-24-6-2-7-25-59)91-80-53-52-64(55-84(80)93-85(91)56-65)57-44-48-62(49-45-57)87-74-30-12-10-28-72(74)86(61-26-8-3-9-27-61)73-29-11-13-31-75(73)87/h1-56H. The molecule has 19 aromatic rings. The van der Waals surface area contributed by atoms with E-state index < -0.39 is 0 Å². The summed E-state index contributed by atoms with van der Waals surface area (Å²) >= 11 is 3.79. The lowest BCUT2D eigenvalue weighted by molar-refractivity contribution is 1.63. The van der Waals surface area contributed by atoms with E-state index in [0.29, 0.717) is 0 Å². The molecule has 0 aliphatic heterocycles. The number of hydrogen-bond donors (Lipinski definition) is 0. The summed E-state index contributed by atoms with van der Waals surface area (Å²) in [5.74, 6) is 0. The van der Waals surface area contributed by atoms with E-state index in [1.165, 1.54) is 194 Å². The summed E-state index contributed by atoms with van der Waals surface area (Å²) in [7, 11) is 0. The second kappa shape index (κ2) is 22.1. The molecule has 0 bridgehead atoms. The SMILES string of the molecule is c1ccc(-c2c3ccccc3c(-c3ccc(-c4ccc5c(c4)sc4cc(-c6cccc7c(-c8c9ccccc9c(-c9ccc(-c%10cccc%11c%10sc%10cccc(-c%12ccccc%12)c%10%11)cc9)c9ccccc89)cccc67)cc(-c6ccccc6)c45)cc3)c3ccccc23)cc1. The van der Waals surface area contributed by atoms with Crippen molar-refractivity contribution >= 4 is 117 Å². The quantitative estimate of drug-likeness (QED) is 0.126. The van der Waals surface area contributed by atoms with E-state index >= 15 is 0 Å². The Labute approximate surface area is 552 Å². The Morgan fingerprint density at radius 1 is 0.149 bits per heavy atom.